The van der Waals surface area contributed by atoms with Crippen molar-refractivity contribution in [2.75, 3.05) is 6.61 Å². The number of esters is 1. The van der Waals surface area contributed by atoms with Gasteiger partial charge >= 0.3 is 5.97 Å². The Morgan fingerprint density at radius 1 is 1.65 bits per heavy atom. The van der Waals surface area contributed by atoms with Crippen LogP contribution in [0.2, 0.25) is 0 Å². The maximum atomic E-state index is 11.5. The van der Waals surface area contributed by atoms with E-state index < -0.39 is 6.23 Å². The highest BCUT2D eigenvalue weighted by Gasteiger charge is 2.36. The van der Waals surface area contributed by atoms with Gasteiger partial charge < -0.3 is 14.7 Å². The number of fused-ring (bicyclic) bond motifs is 1. The average Bonchev–Trinajstić information content (AvgIpc) is 2.89. The number of nitrogens with zero attached hydrogens (tertiary/aromatic N) is 1. The van der Waals surface area contributed by atoms with Crippen LogP contribution >= 0.6 is 0 Å². The molecule has 0 aromatic rings. The molecule has 0 bridgehead atoms. The van der Waals surface area contributed by atoms with Crippen LogP contribution in [0.3, 0.4) is 0 Å². The Labute approximate surface area is 102 Å². The predicted octanol–water partition coefficient (Wildman–Crippen LogP) is 1.57. The van der Waals surface area contributed by atoms with E-state index in [1.54, 1.807) is 13.0 Å². The van der Waals surface area contributed by atoms with Crippen molar-refractivity contribution in [3.63, 3.8) is 0 Å². The lowest BCUT2D eigenvalue weighted by atomic mass is 10.2. The van der Waals surface area contributed by atoms with Crippen molar-refractivity contribution in [1.82, 2.24) is 4.90 Å². The van der Waals surface area contributed by atoms with Gasteiger partial charge in [0.1, 0.15) is 12.8 Å². The van der Waals surface area contributed by atoms with E-state index in [0.717, 1.165) is 25.0 Å². The molecule has 0 aromatic carbocycles. The van der Waals surface area contributed by atoms with Gasteiger partial charge in [-0.1, -0.05) is 12.2 Å². The van der Waals surface area contributed by atoms with Crippen molar-refractivity contribution in [3.05, 3.63) is 23.4 Å². The number of carbonyl (C=O) groups excluding carboxylic acids is 1. The molecule has 1 fully saturated rings. The van der Waals surface area contributed by atoms with Crippen molar-refractivity contribution in [2.45, 2.75) is 45.4 Å². The van der Waals surface area contributed by atoms with Crippen molar-refractivity contribution >= 4 is 5.97 Å². The van der Waals surface area contributed by atoms with E-state index in [-0.39, 0.29) is 12.6 Å². The van der Waals surface area contributed by atoms with Crippen molar-refractivity contribution in [1.29, 1.82) is 0 Å². The highest BCUT2D eigenvalue weighted by atomic mass is 16.5. The van der Waals surface area contributed by atoms with Crippen LogP contribution in [0.15, 0.2) is 23.4 Å². The number of carbonyl (C=O) groups is 1. The summed E-state index contributed by atoms with van der Waals surface area (Å²) in [5, 5.41) is 9.82. The zero-order valence-electron chi connectivity index (χ0n) is 10.3. The Morgan fingerprint density at radius 3 is 3.12 bits per heavy atom. The van der Waals surface area contributed by atoms with Crippen LogP contribution in [0.4, 0.5) is 0 Å². The lowest BCUT2D eigenvalue weighted by Crippen LogP contribution is -2.33. The van der Waals surface area contributed by atoms with Gasteiger partial charge in [0.25, 0.3) is 0 Å². The molecule has 2 atom stereocenters. The van der Waals surface area contributed by atoms with Crippen LogP contribution in [0.25, 0.3) is 0 Å². The first-order valence-corrected chi connectivity index (χ1v) is 6.09. The Balaban J connectivity index is 1.90. The highest BCUT2D eigenvalue weighted by Crippen LogP contribution is 2.34. The Kier molecular flexibility index (Phi) is 3.52. The summed E-state index contributed by atoms with van der Waals surface area (Å²) in [5.74, 6) is -0.287. The predicted molar refractivity (Wildman–Crippen MR) is 64.0 cm³/mol. The van der Waals surface area contributed by atoms with Crippen LogP contribution in [-0.2, 0) is 9.53 Å². The molecule has 0 radical (unpaired) electrons. The zero-order chi connectivity index (χ0) is 12.4. The molecule has 0 aromatic heterocycles. The molecule has 2 aliphatic rings. The first kappa shape index (κ1) is 12.2. The third-order valence-corrected chi connectivity index (χ3v) is 3.54. The van der Waals surface area contributed by atoms with Gasteiger partial charge in [-0.2, -0.15) is 0 Å². The first-order chi connectivity index (χ1) is 8.13. The second-order valence-electron chi connectivity index (χ2n) is 4.60. The van der Waals surface area contributed by atoms with E-state index >= 15 is 0 Å². The maximum Gasteiger partial charge on any atom is 0.333 e. The van der Waals surface area contributed by atoms with Crippen LogP contribution < -0.4 is 0 Å². The molecule has 2 aliphatic heterocycles. The molecular weight excluding hydrogens is 218 g/mol. The van der Waals surface area contributed by atoms with Crippen LogP contribution in [0.1, 0.15) is 33.1 Å². The summed E-state index contributed by atoms with van der Waals surface area (Å²) in [6.45, 7) is 3.81. The van der Waals surface area contributed by atoms with E-state index in [4.69, 9.17) is 4.74 Å². The van der Waals surface area contributed by atoms with Gasteiger partial charge in [-0.15, -0.1) is 0 Å². The van der Waals surface area contributed by atoms with Crippen LogP contribution in [0, 0.1) is 0 Å². The fraction of sp³-hybridized carbons (Fsp3) is 0.615. The molecule has 2 unspecified atom stereocenters. The number of hydrogen-bond donors (Lipinski definition) is 1. The second kappa shape index (κ2) is 4.92. The third-order valence-electron chi connectivity index (χ3n) is 3.54. The lowest BCUT2D eigenvalue weighted by molar-refractivity contribution is -0.138. The summed E-state index contributed by atoms with van der Waals surface area (Å²) >= 11 is 0. The standard InChI is InChI=1S/C13H19NO3/c1-3-9(2)13(16)17-8-11-5-4-10-6-7-12(15)14(10)11/h3,5,10,12,15H,4,6-8H2,1-2H3/b9-3+. The summed E-state index contributed by atoms with van der Waals surface area (Å²) in [5.41, 5.74) is 1.55. The molecule has 4 nitrogen and oxygen atoms in total. The largest absolute Gasteiger partial charge is 0.456 e. The lowest BCUT2D eigenvalue weighted by Gasteiger charge is -2.26. The number of allylic oxidation sites excluding steroid dienone is 1. The van der Waals surface area contributed by atoms with Crippen molar-refractivity contribution in [2.24, 2.45) is 0 Å². The fourth-order valence-corrected chi connectivity index (χ4v) is 2.40. The normalized spacial score (nSPS) is 28.1. The fourth-order valence-electron chi connectivity index (χ4n) is 2.40. The minimum Gasteiger partial charge on any atom is -0.456 e. The molecule has 0 aliphatic carbocycles. The third kappa shape index (κ3) is 2.36. The maximum absolute atomic E-state index is 11.5. The molecule has 0 amide bonds. The van der Waals surface area contributed by atoms with Gasteiger partial charge in [0.15, 0.2) is 0 Å². The Morgan fingerprint density at radius 2 is 2.41 bits per heavy atom. The molecule has 0 saturated carbocycles. The molecule has 4 heteroatoms. The minimum atomic E-state index is -0.407. The smallest absolute Gasteiger partial charge is 0.333 e. The molecule has 2 rings (SSSR count). The minimum absolute atomic E-state index is 0.261. The summed E-state index contributed by atoms with van der Waals surface area (Å²) in [7, 11) is 0. The van der Waals surface area contributed by atoms with Crippen LogP contribution in [0.5, 0.6) is 0 Å². The molecular formula is C13H19NO3. The number of aliphatic hydroxyl groups excluding tert-OH is 1. The monoisotopic (exact) mass is 237 g/mol. The highest BCUT2D eigenvalue weighted by molar-refractivity contribution is 5.87. The summed E-state index contributed by atoms with van der Waals surface area (Å²) in [6.07, 6.45) is 6.17. The second-order valence-corrected chi connectivity index (χ2v) is 4.60. The zero-order valence-corrected chi connectivity index (χ0v) is 10.3. The van der Waals surface area contributed by atoms with E-state index in [1.165, 1.54) is 0 Å². The summed E-state index contributed by atoms with van der Waals surface area (Å²) in [6, 6.07) is 0.404. The summed E-state index contributed by atoms with van der Waals surface area (Å²) < 4.78 is 5.21. The van der Waals surface area contributed by atoms with E-state index in [1.807, 2.05) is 11.8 Å². The molecule has 1 N–H and O–H groups in total. The van der Waals surface area contributed by atoms with Crippen LogP contribution in [-0.4, -0.2) is 34.9 Å². The van der Waals surface area contributed by atoms with Gasteiger partial charge in [0.05, 0.1) is 0 Å². The van der Waals surface area contributed by atoms with E-state index in [0.29, 0.717) is 11.6 Å². The van der Waals surface area contributed by atoms with Crippen molar-refractivity contribution in [3.8, 4) is 0 Å². The SMILES string of the molecule is C/C=C(\C)C(=O)OCC1=CCC2CCC(O)N12. The van der Waals surface area contributed by atoms with Gasteiger partial charge in [-0.25, -0.2) is 4.79 Å². The number of hydrogen-bond acceptors (Lipinski definition) is 4. The first-order valence-electron chi connectivity index (χ1n) is 6.09. The van der Waals surface area contributed by atoms with Crippen molar-refractivity contribution < 1.29 is 14.6 Å². The van der Waals surface area contributed by atoms with Gasteiger partial charge in [0.2, 0.25) is 0 Å². The van der Waals surface area contributed by atoms with Gasteiger partial charge in [-0.3, -0.25) is 0 Å². The molecule has 94 valence electrons. The van der Waals surface area contributed by atoms with E-state index in [9.17, 15) is 9.90 Å². The molecule has 1 saturated heterocycles. The topological polar surface area (TPSA) is 49.8 Å². The van der Waals surface area contributed by atoms with Gasteiger partial charge in [0, 0.05) is 17.3 Å². The molecule has 17 heavy (non-hydrogen) atoms. The number of ether oxygens (including phenoxy) is 1. The van der Waals surface area contributed by atoms with E-state index in [2.05, 4.69) is 6.08 Å². The average molecular weight is 237 g/mol. The molecule has 2 heterocycles. The quantitative estimate of drug-likeness (QED) is 0.598. The Bertz CT molecular complexity index is 373. The molecule has 0 spiro atoms. The number of aliphatic hydroxyl groups is 1. The number of rotatable bonds is 3. The Hall–Kier alpha value is -1.29. The van der Waals surface area contributed by atoms with Gasteiger partial charge in [-0.05, 0) is 33.1 Å². The summed E-state index contributed by atoms with van der Waals surface area (Å²) in [4.78, 5) is 13.5.